The van der Waals surface area contributed by atoms with Gasteiger partial charge in [0.05, 0.1) is 0 Å². The van der Waals surface area contributed by atoms with Gasteiger partial charge in [0.25, 0.3) is 0 Å². The number of aryl methyl sites for hydroxylation is 1. The van der Waals surface area contributed by atoms with Crippen molar-refractivity contribution in [1.29, 1.82) is 0 Å². The van der Waals surface area contributed by atoms with E-state index < -0.39 is 0 Å². The number of amides is 1. The Morgan fingerprint density at radius 1 is 1.19 bits per heavy atom. The summed E-state index contributed by atoms with van der Waals surface area (Å²) in [6.07, 6.45) is 0.361. The maximum atomic E-state index is 12.1. The molecule has 0 saturated heterocycles. The van der Waals surface area contributed by atoms with Crippen LogP contribution in [0.1, 0.15) is 34.7 Å². The van der Waals surface area contributed by atoms with E-state index in [0.717, 1.165) is 28.1 Å². The molecule has 1 amide bonds. The Hall–Kier alpha value is -2.79. The summed E-state index contributed by atoms with van der Waals surface area (Å²) in [6, 6.07) is 15.4. The molecule has 26 heavy (non-hydrogen) atoms. The lowest BCUT2D eigenvalue weighted by Gasteiger charge is -2.25. The SMILES string of the molecule is Cc1[nH]nc2c1[C@@H](c1ccccc1OCc1ccccc1Cl)CC(=O)N2. The topological polar surface area (TPSA) is 67.0 Å². The number of carbonyl (C=O) groups is 1. The van der Waals surface area contributed by atoms with Crippen molar-refractivity contribution in [2.24, 2.45) is 0 Å². The first-order valence-electron chi connectivity index (χ1n) is 8.43. The van der Waals surface area contributed by atoms with Crippen LogP contribution in [-0.2, 0) is 11.4 Å². The van der Waals surface area contributed by atoms with Crippen LogP contribution in [0.25, 0.3) is 0 Å². The third kappa shape index (κ3) is 3.06. The number of aromatic nitrogens is 2. The van der Waals surface area contributed by atoms with Crippen LogP contribution < -0.4 is 10.1 Å². The van der Waals surface area contributed by atoms with Crippen molar-refractivity contribution in [3.63, 3.8) is 0 Å². The Balaban J connectivity index is 1.67. The Morgan fingerprint density at radius 3 is 2.81 bits per heavy atom. The molecule has 1 atom stereocenters. The second-order valence-electron chi connectivity index (χ2n) is 6.33. The molecule has 0 radical (unpaired) electrons. The molecule has 3 aromatic rings. The summed E-state index contributed by atoms with van der Waals surface area (Å²) in [5.74, 6) is 1.21. The molecule has 6 heteroatoms. The minimum Gasteiger partial charge on any atom is -0.489 e. The second kappa shape index (κ2) is 6.84. The van der Waals surface area contributed by atoms with Crippen molar-refractivity contribution in [2.75, 3.05) is 5.32 Å². The van der Waals surface area contributed by atoms with Gasteiger partial charge >= 0.3 is 0 Å². The van der Waals surface area contributed by atoms with Gasteiger partial charge in [-0.2, -0.15) is 5.10 Å². The van der Waals surface area contributed by atoms with Gasteiger partial charge in [0, 0.05) is 39.7 Å². The van der Waals surface area contributed by atoms with Crippen molar-refractivity contribution in [3.8, 4) is 5.75 Å². The van der Waals surface area contributed by atoms with Crippen LogP contribution in [-0.4, -0.2) is 16.1 Å². The summed E-state index contributed by atoms with van der Waals surface area (Å²) in [5, 5.41) is 10.7. The van der Waals surface area contributed by atoms with Crippen molar-refractivity contribution < 1.29 is 9.53 Å². The third-order valence-corrected chi connectivity index (χ3v) is 4.99. The van der Waals surface area contributed by atoms with E-state index in [1.165, 1.54) is 0 Å². The van der Waals surface area contributed by atoms with Crippen LogP contribution in [0.4, 0.5) is 5.82 Å². The van der Waals surface area contributed by atoms with E-state index in [0.29, 0.717) is 23.9 Å². The number of anilines is 1. The van der Waals surface area contributed by atoms with Crippen LogP contribution in [0.15, 0.2) is 48.5 Å². The average molecular weight is 368 g/mol. The fraction of sp³-hybridized carbons (Fsp3) is 0.200. The van der Waals surface area contributed by atoms with Crippen LogP contribution in [0, 0.1) is 6.92 Å². The smallest absolute Gasteiger partial charge is 0.226 e. The average Bonchev–Trinajstić information content (AvgIpc) is 3.01. The molecule has 0 saturated carbocycles. The zero-order valence-electron chi connectivity index (χ0n) is 14.3. The first kappa shape index (κ1) is 16.7. The zero-order valence-corrected chi connectivity index (χ0v) is 15.0. The first-order valence-corrected chi connectivity index (χ1v) is 8.81. The zero-order chi connectivity index (χ0) is 18.1. The van der Waals surface area contributed by atoms with Crippen molar-refractivity contribution in [1.82, 2.24) is 10.2 Å². The lowest BCUT2D eigenvalue weighted by Crippen LogP contribution is -2.23. The maximum absolute atomic E-state index is 12.1. The van der Waals surface area contributed by atoms with Crippen LogP contribution in [0.5, 0.6) is 5.75 Å². The Kier molecular flexibility index (Phi) is 4.39. The highest BCUT2D eigenvalue weighted by atomic mass is 35.5. The first-order chi connectivity index (χ1) is 12.6. The number of ether oxygens (including phenoxy) is 1. The monoisotopic (exact) mass is 367 g/mol. The summed E-state index contributed by atoms with van der Waals surface area (Å²) in [5.41, 5.74) is 3.86. The summed E-state index contributed by atoms with van der Waals surface area (Å²) < 4.78 is 6.08. The minimum atomic E-state index is -0.0973. The molecule has 0 bridgehead atoms. The largest absolute Gasteiger partial charge is 0.489 e. The summed E-state index contributed by atoms with van der Waals surface area (Å²) >= 11 is 6.23. The molecule has 4 rings (SSSR count). The number of carbonyl (C=O) groups excluding carboxylic acids is 1. The molecular formula is C20H18ClN3O2. The number of hydrogen-bond acceptors (Lipinski definition) is 3. The minimum absolute atomic E-state index is 0.0464. The molecule has 2 aromatic carbocycles. The Labute approximate surface area is 156 Å². The predicted molar refractivity (Wildman–Crippen MR) is 101 cm³/mol. The number of rotatable bonds is 4. The second-order valence-corrected chi connectivity index (χ2v) is 6.74. The lowest BCUT2D eigenvalue weighted by atomic mass is 9.85. The number of H-pyrrole nitrogens is 1. The van der Waals surface area contributed by atoms with Gasteiger partial charge in [0.1, 0.15) is 12.4 Å². The molecule has 0 spiro atoms. The van der Waals surface area contributed by atoms with Gasteiger partial charge in [-0.3, -0.25) is 9.89 Å². The van der Waals surface area contributed by atoms with Crippen LogP contribution in [0.3, 0.4) is 0 Å². The van der Waals surface area contributed by atoms with E-state index in [2.05, 4.69) is 15.5 Å². The molecule has 132 valence electrons. The van der Waals surface area contributed by atoms with Gasteiger partial charge < -0.3 is 10.1 Å². The highest BCUT2D eigenvalue weighted by Gasteiger charge is 2.32. The fourth-order valence-corrected chi connectivity index (χ4v) is 3.56. The highest BCUT2D eigenvalue weighted by Crippen LogP contribution is 2.41. The summed E-state index contributed by atoms with van der Waals surface area (Å²) in [4.78, 5) is 12.1. The van der Waals surface area contributed by atoms with E-state index in [4.69, 9.17) is 16.3 Å². The van der Waals surface area contributed by atoms with E-state index >= 15 is 0 Å². The van der Waals surface area contributed by atoms with E-state index in [9.17, 15) is 4.79 Å². The van der Waals surface area contributed by atoms with Gasteiger partial charge in [-0.05, 0) is 19.1 Å². The van der Waals surface area contributed by atoms with Crippen LogP contribution >= 0.6 is 11.6 Å². The molecule has 1 aliphatic heterocycles. The summed E-state index contributed by atoms with van der Waals surface area (Å²) in [6.45, 7) is 2.33. The number of hydrogen-bond donors (Lipinski definition) is 2. The van der Waals surface area contributed by atoms with E-state index in [1.807, 2.05) is 55.5 Å². The number of fused-ring (bicyclic) bond motifs is 1. The van der Waals surface area contributed by atoms with Gasteiger partial charge in [0.2, 0.25) is 5.91 Å². The molecule has 0 unspecified atom stereocenters. The molecule has 2 heterocycles. The predicted octanol–water partition coefficient (Wildman–Crippen LogP) is 4.42. The molecule has 0 fully saturated rings. The molecule has 5 nitrogen and oxygen atoms in total. The maximum Gasteiger partial charge on any atom is 0.226 e. The fourth-order valence-electron chi connectivity index (χ4n) is 3.37. The lowest BCUT2D eigenvalue weighted by molar-refractivity contribution is -0.116. The number of benzene rings is 2. The Morgan fingerprint density at radius 2 is 1.96 bits per heavy atom. The summed E-state index contributed by atoms with van der Waals surface area (Å²) in [7, 11) is 0. The molecule has 0 aliphatic carbocycles. The van der Waals surface area contributed by atoms with Crippen molar-refractivity contribution in [2.45, 2.75) is 25.9 Å². The van der Waals surface area contributed by atoms with Crippen LogP contribution in [0.2, 0.25) is 5.02 Å². The van der Waals surface area contributed by atoms with E-state index in [1.54, 1.807) is 0 Å². The molecular weight excluding hydrogens is 350 g/mol. The number of nitrogens with zero attached hydrogens (tertiary/aromatic N) is 1. The Bertz CT molecular complexity index is 967. The molecule has 1 aromatic heterocycles. The third-order valence-electron chi connectivity index (χ3n) is 4.63. The molecule has 2 N–H and O–H groups in total. The van der Waals surface area contributed by atoms with Crippen molar-refractivity contribution in [3.05, 3.63) is 75.9 Å². The van der Waals surface area contributed by atoms with Gasteiger partial charge in [-0.1, -0.05) is 48.0 Å². The van der Waals surface area contributed by atoms with Crippen molar-refractivity contribution >= 4 is 23.3 Å². The highest BCUT2D eigenvalue weighted by molar-refractivity contribution is 6.31. The quantitative estimate of drug-likeness (QED) is 0.717. The number of halogens is 1. The molecule has 1 aliphatic rings. The van der Waals surface area contributed by atoms with Gasteiger partial charge in [-0.25, -0.2) is 0 Å². The van der Waals surface area contributed by atoms with Gasteiger partial charge in [-0.15, -0.1) is 0 Å². The number of nitrogens with one attached hydrogen (secondary N) is 2. The normalized spacial score (nSPS) is 16.1. The number of para-hydroxylation sites is 1. The standard InChI is InChI=1S/C20H18ClN3O2/c1-12-19-15(10-18(25)22-20(19)24-23-12)14-7-3-5-9-17(14)26-11-13-6-2-4-8-16(13)21/h2-9,15H,10-11H2,1H3,(H2,22,23,24,25)/t15-/m1/s1. The van der Waals surface area contributed by atoms with E-state index in [-0.39, 0.29) is 11.8 Å². The van der Waals surface area contributed by atoms with Gasteiger partial charge in [0.15, 0.2) is 5.82 Å². The number of aromatic amines is 1.